The summed E-state index contributed by atoms with van der Waals surface area (Å²) in [6.45, 7) is 2.42. The highest BCUT2D eigenvalue weighted by atomic mass is 28.2. The first-order chi connectivity index (χ1) is 10.7. The lowest BCUT2D eigenvalue weighted by Crippen LogP contribution is -2.12. The van der Waals surface area contributed by atoms with E-state index in [4.69, 9.17) is 0 Å². The molecule has 0 nitrogen and oxygen atoms in total. The van der Waals surface area contributed by atoms with Gasteiger partial charge in [-0.1, -0.05) is 55.3 Å². The minimum absolute atomic E-state index is 0.151. The van der Waals surface area contributed by atoms with Crippen LogP contribution in [0.3, 0.4) is 0 Å². The molecule has 1 saturated carbocycles. The Labute approximate surface area is 133 Å². The van der Waals surface area contributed by atoms with Gasteiger partial charge in [0.25, 0.3) is 0 Å². The van der Waals surface area contributed by atoms with Crippen LogP contribution in [0, 0.1) is 11.6 Å². The Balaban J connectivity index is 1.74. The molecule has 1 aliphatic carbocycles. The molecule has 0 amide bonds. The molecule has 0 N–H and O–H groups in total. The SMILES string of the molecule is C[SiH2]C1CCC(c2ccc(-c3ccc(F)c(F)c3)cc2)CC1. The molecule has 0 radical (unpaired) electrons. The van der Waals surface area contributed by atoms with Crippen LogP contribution in [0.4, 0.5) is 8.78 Å². The van der Waals surface area contributed by atoms with Gasteiger partial charge in [0.2, 0.25) is 0 Å². The third-order valence-corrected chi connectivity index (χ3v) is 7.03. The molecule has 1 fully saturated rings. The highest BCUT2D eigenvalue weighted by Gasteiger charge is 2.21. The van der Waals surface area contributed by atoms with Crippen molar-refractivity contribution in [3.8, 4) is 11.1 Å². The number of hydrogen-bond donors (Lipinski definition) is 0. The summed E-state index contributed by atoms with van der Waals surface area (Å²) in [5.74, 6) is -0.906. The predicted molar refractivity (Wildman–Crippen MR) is 91.2 cm³/mol. The van der Waals surface area contributed by atoms with Crippen LogP contribution in [0.2, 0.25) is 12.1 Å². The average Bonchev–Trinajstić information content (AvgIpc) is 2.58. The lowest BCUT2D eigenvalue weighted by atomic mass is 9.83. The van der Waals surface area contributed by atoms with Gasteiger partial charge >= 0.3 is 0 Å². The minimum Gasteiger partial charge on any atom is -0.204 e. The molecule has 2 aromatic carbocycles. The fourth-order valence-electron chi connectivity index (χ4n) is 3.53. The zero-order valence-corrected chi connectivity index (χ0v) is 14.4. The van der Waals surface area contributed by atoms with E-state index in [1.54, 1.807) is 6.07 Å². The molecular formula is C19H22F2Si. The lowest BCUT2D eigenvalue weighted by molar-refractivity contribution is 0.441. The van der Waals surface area contributed by atoms with Crippen LogP contribution in [0.25, 0.3) is 11.1 Å². The van der Waals surface area contributed by atoms with E-state index in [2.05, 4.69) is 18.7 Å². The molecule has 0 bridgehead atoms. The van der Waals surface area contributed by atoms with Crippen LogP contribution in [0.5, 0.6) is 0 Å². The van der Waals surface area contributed by atoms with E-state index in [0.717, 1.165) is 16.7 Å². The zero-order valence-electron chi connectivity index (χ0n) is 13.0. The summed E-state index contributed by atoms with van der Waals surface area (Å²) in [7, 11) is 0.151. The molecule has 0 spiro atoms. The molecule has 2 aromatic rings. The van der Waals surface area contributed by atoms with Gasteiger partial charge in [0.1, 0.15) is 0 Å². The molecule has 0 unspecified atom stereocenters. The van der Waals surface area contributed by atoms with Crippen molar-refractivity contribution >= 4 is 9.52 Å². The minimum atomic E-state index is -0.795. The van der Waals surface area contributed by atoms with Crippen LogP contribution in [0.1, 0.15) is 37.2 Å². The van der Waals surface area contributed by atoms with Crippen LogP contribution < -0.4 is 0 Å². The van der Waals surface area contributed by atoms with Crippen molar-refractivity contribution in [3.63, 3.8) is 0 Å². The summed E-state index contributed by atoms with van der Waals surface area (Å²) in [6.07, 6.45) is 5.38. The maximum atomic E-state index is 13.3. The Bertz CT molecular complexity index is 628. The third-order valence-electron chi connectivity index (χ3n) is 5.06. The fraction of sp³-hybridized carbons (Fsp3) is 0.368. The quantitative estimate of drug-likeness (QED) is 0.675. The molecular weight excluding hydrogens is 294 g/mol. The molecule has 0 aliphatic heterocycles. The van der Waals surface area contributed by atoms with Gasteiger partial charge in [-0.05, 0) is 47.6 Å². The molecule has 22 heavy (non-hydrogen) atoms. The summed E-state index contributed by atoms with van der Waals surface area (Å²) in [5.41, 5.74) is 4.10. The first-order valence-electron chi connectivity index (χ1n) is 8.22. The third kappa shape index (κ3) is 3.30. The van der Waals surface area contributed by atoms with Gasteiger partial charge in [0.15, 0.2) is 11.6 Å². The van der Waals surface area contributed by atoms with E-state index in [1.807, 2.05) is 12.1 Å². The van der Waals surface area contributed by atoms with Crippen LogP contribution in [-0.4, -0.2) is 9.52 Å². The Kier molecular flexibility index (Phi) is 4.72. The monoisotopic (exact) mass is 316 g/mol. The van der Waals surface area contributed by atoms with Crippen LogP contribution in [0.15, 0.2) is 42.5 Å². The molecule has 0 saturated heterocycles. The van der Waals surface area contributed by atoms with Gasteiger partial charge in [0, 0.05) is 9.52 Å². The van der Waals surface area contributed by atoms with Gasteiger partial charge in [-0.3, -0.25) is 0 Å². The molecule has 0 heterocycles. The van der Waals surface area contributed by atoms with Gasteiger partial charge < -0.3 is 0 Å². The van der Waals surface area contributed by atoms with Crippen molar-refractivity contribution in [2.24, 2.45) is 0 Å². The molecule has 0 aromatic heterocycles. The summed E-state index contributed by atoms with van der Waals surface area (Å²) in [6, 6.07) is 12.5. The second-order valence-corrected chi connectivity index (χ2v) is 8.35. The fourth-order valence-corrected chi connectivity index (χ4v) is 4.82. The highest BCUT2D eigenvalue weighted by molar-refractivity contribution is 6.35. The summed E-state index contributed by atoms with van der Waals surface area (Å²) in [5, 5.41) is 0. The van der Waals surface area contributed by atoms with Gasteiger partial charge in [0.05, 0.1) is 0 Å². The van der Waals surface area contributed by atoms with Crippen molar-refractivity contribution in [2.45, 2.75) is 43.7 Å². The van der Waals surface area contributed by atoms with E-state index < -0.39 is 11.6 Å². The van der Waals surface area contributed by atoms with E-state index in [1.165, 1.54) is 43.4 Å². The maximum Gasteiger partial charge on any atom is 0.159 e. The van der Waals surface area contributed by atoms with Crippen molar-refractivity contribution in [1.82, 2.24) is 0 Å². The summed E-state index contributed by atoms with van der Waals surface area (Å²) in [4.78, 5) is 0. The predicted octanol–water partition coefficient (Wildman–Crippen LogP) is 5.29. The van der Waals surface area contributed by atoms with Gasteiger partial charge in [-0.2, -0.15) is 0 Å². The Morgan fingerprint density at radius 2 is 1.45 bits per heavy atom. The zero-order chi connectivity index (χ0) is 15.5. The molecule has 0 atom stereocenters. The van der Waals surface area contributed by atoms with Crippen molar-refractivity contribution in [1.29, 1.82) is 0 Å². The molecule has 1 aliphatic rings. The van der Waals surface area contributed by atoms with E-state index in [9.17, 15) is 8.78 Å². The lowest BCUT2D eigenvalue weighted by Gasteiger charge is -2.28. The van der Waals surface area contributed by atoms with Crippen molar-refractivity contribution < 1.29 is 8.78 Å². The highest BCUT2D eigenvalue weighted by Crippen LogP contribution is 2.38. The normalized spacial score (nSPS) is 22.3. The summed E-state index contributed by atoms with van der Waals surface area (Å²) >= 11 is 0. The second kappa shape index (κ2) is 6.74. The van der Waals surface area contributed by atoms with Gasteiger partial charge in [-0.15, -0.1) is 0 Å². The second-order valence-electron chi connectivity index (χ2n) is 6.38. The van der Waals surface area contributed by atoms with E-state index in [-0.39, 0.29) is 9.52 Å². The number of halogens is 2. The number of benzene rings is 2. The largest absolute Gasteiger partial charge is 0.204 e. The molecule has 116 valence electrons. The standard InChI is InChI=1S/C19H22F2Si/c1-22-17-9-6-14(7-10-17)13-2-4-15(5-3-13)16-8-11-18(20)19(21)12-16/h2-5,8,11-12,14,17H,6-7,9-10,22H2,1H3. The number of hydrogen-bond acceptors (Lipinski definition) is 0. The first kappa shape index (κ1) is 15.4. The first-order valence-corrected chi connectivity index (χ1v) is 10.5. The topological polar surface area (TPSA) is 0 Å². The molecule has 3 rings (SSSR count). The summed E-state index contributed by atoms with van der Waals surface area (Å²) < 4.78 is 26.3. The van der Waals surface area contributed by atoms with Crippen LogP contribution in [-0.2, 0) is 0 Å². The average molecular weight is 316 g/mol. The van der Waals surface area contributed by atoms with E-state index >= 15 is 0 Å². The van der Waals surface area contributed by atoms with Crippen molar-refractivity contribution in [2.75, 3.05) is 0 Å². The van der Waals surface area contributed by atoms with Gasteiger partial charge in [-0.25, -0.2) is 8.78 Å². The number of rotatable bonds is 3. The molecule has 3 heteroatoms. The Hall–Kier alpha value is -1.48. The van der Waals surface area contributed by atoms with Crippen molar-refractivity contribution in [3.05, 3.63) is 59.7 Å². The van der Waals surface area contributed by atoms with Crippen LogP contribution >= 0.6 is 0 Å². The maximum absolute atomic E-state index is 13.3. The Morgan fingerprint density at radius 1 is 0.818 bits per heavy atom. The Morgan fingerprint density at radius 3 is 2.05 bits per heavy atom. The smallest absolute Gasteiger partial charge is 0.159 e. The van der Waals surface area contributed by atoms with E-state index in [0.29, 0.717) is 5.92 Å².